The Hall–Kier alpha value is -2.18. The Morgan fingerprint density at radius 3 is 2.84 bits per heavy atom. The molecule has 0 aliphatic heterocycles. The number of aliphatic imine (C=N–C) groups is 1. The standard InChI is InChI=1S/C16H18N2O/c1-2-12-19-13-6-11-18-16(14-17)10-9-15-7-4-3-5-8-15/h2-5,7-10H,1,6,11-13H2/b10-9+,18-16?. The number of rotatable bonds is 8. The quantitative estimate of drug-likeness (QED) is 0.406. The maximum Gasteiger partial charge on any atom is 0.135 e. The fraction of sp³-hybridized carbons (Fsp3) is 0.250. The van der Waals surface area contributed by atoms with Crippen LogP contribution in [-0.2, 0) is 4.74 Å². The van der Waals surface area contributed by atoms with E-state index in [9.17, 15) is 0 Å². The van der Waals surface area contributed by atoms with Crippen LogP contribution in [0.2, 0.25) is 0 Å². The fourth-order valence-corrected chi connectivity index (χ4v) is 1.40. The third-order valence-electron chi connectivity index (χ3n) is 2.31. The molecule has 0 unspecified atom stereocenters. The molecule has 3 heteroatoms. The van der Waals surface area contributed by atoms with E-state index < -0.39 is 0 Å². The van der Waals surface area contributed by atoms with Gasteiger partial charge in [0.25, 0.3) is 0 Å². The van der Waals surface area contributed by atoms with Crippen LogP contribution in [0.25, 0.3) is 6.08 Å². The minimum absolute atomic E-state index is 0.438. The molecule has 3 nitrogen and oxygen atoms in total. The first kappa shape index (κ1) is 14.9. The highest BCUT2D eigenvalue weighted by Crippen LogP contribution is 2.01. The Balaban J connectivity index is 2.39. The summed E-state index contributed by atoms with van der Waals surface area (Å²) in [6, 6.07) is 11.9. The van der Waals surface area contributed by atoms with Crippen molar-refractivity contribution in [2.75, 3.05) is 19.8 Å². The molecule has 0 radical (unpaired) electrons. The molecule has 0 N–H and O–H groups in total. The molecule has 1 aromatic rings. The van der Waals surface area contributed by atoms with Gasteiger partial charge in [-0.05, 0) is 18.1 Å². The van der Waals surface area contributed by atoms with Crippen molar-refractivity contribution in [2.45, 2.75) is 6.42 Å². The first-order chi connectivity index (χ1) is 9.36. The van der Waals surface area contributed by atoms with Crippen molar-refractivity contribution < 1.29 is 4.74 Å². The zero-order valence-corrected chi connectivity index (χ0v) is 11.0. The predicted molar refractivity (Wildman–Crippen MR) is 79.0 cm³/mol. The van der Waals surface area contributed by atoms with Gasteiger partial charge in [-0.15, -0.1) is 6.58 Å². The van der Waals surface area contributed by atoms with E-state index in [0.29, 0.717) is 25.5 Å². The highest BCUT2D eigenvalue weighted by molar-refractivity contribution is 6.09. The van der Waals surface area contributed by atoms with Crippen molar-refractivity contribution >= 4 is 11.8 Å². The van der Waals surface area contributed by atoms with Gasteiger partial charge < -0.3 is 4.74 Å². The van der Waals surface area contributed by atoms with E-state index in [2.05, 4.69) is 17.6 Å². The summed E-state index contributed by atoms with van der Waals surface area (Å²) in [5.41, 5.74) is 1.49. The minimum atomic E-state index is 0.438. The van der Waals surface area contributed by atoms with Gasteiger partial charge in [-0.25, -0.2) is 0 Å². The first-order valence-electron chi connectivity index (χ1n) is 6.23. The lowest BCUT2D eigenvalue weighted by Crippen LogP contribution is -1.98. The molecule has 0 saturated carbocycles. The number of hydrogen-bond acceptors (Lipinski definition) is 3. The molecule has 0 spiro atoms. The monoisotopic (exact) mass is 254 g/mol. The van der Waals surface area contributed by atoms with Gasteiger partial charge in [0.05, 0.1) is 6.61 Å². The molecule has 1 aromatic carbocycles. The SMILES string of the molecule is C=CCOCCCN=C(C#N)/C=C/c1ccccc1. The molecule has 0 heterocycles. The zero-order chi connectivity index (χ0) is 13.8. The Bertz CT molecular complexity index is 469. The second kappa shape index (κ2) is 9.81. The summed E-state index contributed by atoms with van der Waals surface area (Å²) in [5, 5.41) is 8.97. The van der Waals surface area contributed by atoms with Crippen molar-refractivity contribution in [3.8, 4) is 6.07 Å². The number of ether oxygens (including phenoxy) is 1. The van der Waals surface area contributed by atoms with Crippen molar-refractivity contribution in [3.05, 3.63) is 54.6 Å². The van der Waals surface area contributed by atoms with Crippen LogP contribution in [0.4, 0.5) is 0 Å². The second-order valence-electron chi connectivity index (χ2n) is 3.84. The third kappa shape index (κ3) is 6.97. The average molecular weight is 254 g/mol. The van der Waals surface area contributed by atoms with Gasteiger partial charge in [-0.1, -0.05) is 42.5 Å². The molecular formula is C16H18N2O. The van der Waals surface area contributed by atoms with Gasteiger partial charge in [0.15, 0.2) is 0 Å². The molecule has 0 atom stereocenters. The van der Waals surface area contributed by atoms with E-state index in [0.717, 1.165) is 12.0 Å². The Labute approximate surface area is 114 Å². The molecule has 0 bridgehead atoms. The Kier molecular flexibility index (Phi) is 7.68. The predicted octanol–water partition coefficient (Wildman–Crippen LogP) is 3.26. The molecule has 0 saturated heterocycles. The molecule has 1 rings (SSSR count). The Morgan fingerprint density at radius 1 is 1.37 bits per heavy atom. The van der Waals surface area contributed by atoms with E-state index in [1.54, 1.807) is 12.2 Å². The summed E-state index contributed by atoms with van der Waals surface area (Å²) in [4.78, 5) is 4.22. The van der Waals surface area contributed by atoms with Crippen LogP contribution in [-0.4, -0.2) is 25.5 Å². The lowest BCUT2D eigenvalue weighted by Gasteiger charge is -1.98. The van der Waals surface area contributed by atoms with Crippen molar-refractivity contribution in [1.29, 1.82) is 5.26 Å². The molecule has 0 aliphatic carbocycles. The van der Waals surface area contributed by atoms with Crippen LogP contribution in [0.3, 0.4) is 0 Å². The fourth-order valence-electron chi connectivity index (χ4n) is 1.40. The van der Waals surface area contributed by atoms with Gasteiger partial charge in [-0.2, -0.15) is 5.26 Å². The zero-order valence-electron chi connectivity index (χ0n) is 11.0. The van der Waals surface area contributed by atoms with Gasteiger partial charge >= 0.3 is 0 Å². The minimum Gasteiger partial charge on any atom is -0.377 e. The molecule has 0 fully saturated rings. The van der Waals surface area contributed by atoms with E-state index >= 15 is 0 Å². The van der Waals surface area contributed by atoms with Crippen LogP contribution in [0.1, 0.15) is 12.0 Å². The second-order valence-corrected chi connectivity index (χ2v) is 3.84. The van der Waals surface area contributed by atoms with Crippen molar-refractivity contribution in [1.82, 2.24) is 0 Å². The molecular weight excluding hydrogens is 236 g/mol. The van der Waals surface area contributed by atoms with Gasteiger partial charge in [0, 0.05) is 13.2 Å². The lowest BCUT2D eigenvalue weighted by molar-refractivity contribution is 0.161. The maximum absolute atomic E-state index is 8.97. The number of benzene rings is 1. The number of nitriles is 1. The normalized spacial score (nSPS) is 11.4. The van der Waals surface area contributed by atoms with Gasteiger partial charge in [0.2, 0.25) is 0 Å². The molecule has 0 amide bonds. The van der Waals surface area contributed by atoms with Gasteiger partial charge in [-0.3, -0.25) is 4.99 Å². The van der Waals surface area contributed by atoms with Crippen molar-refractivity contribution in [2.24, 2.45) is 4.99 Å². The van der Waals surface area contributed by atoms with Crippen molar-refractivity contribution in [3.63, 3.8) is 0 Å². The van der Waals surface area contributed by atoms with E-state index in [1.165, 1.54) is 0 Å². The largest absolute Gasteiger partial charge is 0.377 e. The van der Waals surface area contributed by atoms with E-state index in [4.69, 9.17) is 10.00 Å². The summed E-state index contributed by atoms with van der Waals surface area (Å²) in [5.74, 6) is 0. The summed E-state index contributed by atoms with van der Waals surface area (Å²) in [6.45, 7) is 5.36. The summed E-state index contributed by atoms with van der Waals surface area (Å²) in [7, 11) is 0. The first-order valence-corrected chi connectivity index (χ1v) is 6.23. The maximum atomic E-state index is 8.97. The van der Waals surface area contributed by atoms with Crippen LogP contribution in [0.5, 0.6) is 0 Å². The van der Waals surface area contributed by atoms with Crippen LogP contribution in [0.15, 0.2) is 54.1 Å². The summed E-state index contributed by atoms with van der Waals surface area (Å²) >= 11 is 0. The highest BCUT2D eigenvalue weighted by Gasteiger charge is 1.92. The van der Waals surface area contributed by atoms with Crippen LogP contribution >= 0.6 is 0 Å². The number of allylic oxidation sites excluding steroid dienone is 1. The number of nitrogens with zero attached hydrogens (tertiary/aromatic N) is 2. The molecule has 0 aliphatic rings. The third-order valence-corrected chi connectivity index (χ3v) is 2.31. The van der Waals surface area contributed by atoms with E-state index in [1.807, 2.05) is 36.4 Å². The average Bonchev–Trinajstić information content (AvgIpc) is 2.47. The molecule has 0 aromatic heterocycles. The smallest absolute Gasteiger partial charge is 0.135 e. The summed E-state index contributed by atoms with van der Waals surface area (Å²) < 4.78 is 5.24. The van der Waals surface area contributed by atoms with E-state index in [-0.39, 0.29) is 0 Å². The molecule has 19 heavy (non-hydrogen) atoms. The highest BCUT2D eigenvalue weighted by atomic mass is 16.5. The van der Waals surface area contributed by atoms with Crippen LogP contribution in [0, 0.1) is 11.3 Å². The van der Waals surface area contributed by atoms with Crippen LogP contribution < -0.4 is 0 Å². The number of hydrogen-bond donors (Lipinski definition) is 0. The van der Waals surface area contributed by atoms with Gasteiger partial charge in [0.1, 0.15) is 11.8 Å². The molecule has 98 valence electrons. The lowest BCUT2D eigenvalue weighted by atomic mass is 10.2. The Morgan fingerprint density at radius 2 is 2.16 bits per heavy atom. The summed E-state index contributed by atoms with van der Waals surface area (Å²) in [6.07, 6.45) is 6.14. The topological polar surface area (TPSA) is 45.4 Å².